The smallest absolute Gasteiger partial charge is 0.456 e. The number of hydrogen-bond acceptors (Lipinski definition) is 4. The van der Waals surface area contributed by atoms with Crippen molar-refractivity contribution in [3.05, 3.63) is 104 Å². The molecular weight excluding hydrogens is 513 g/mol. The van der Waals surface area contributed by atoms with Crippen molar-refractivity contribution in [3.63, 3.8) is 0 Å². The van der Waals surface area contributed by atoms with Crippen LogP contribution >= 0.6 is 11.3 Å². The molecule has 0 bridgehead atoms. The van der Waals surface area contributed by atoms with E-state index in [0.717, 1.165) is 9.44 Å². The number of halogens is 5. The van der Waals surface area contributed by atoms with E-state index < -0.39 is 28.9 Å². The first-order valence-electron chi connectivity index (χ1n) is 10.8. The number of aryl methyl sites for hydroxylation is 2. The Morgan fingerprint density at radius 2 is 1.62 bits per heavy atom. The van der Waals surface area contributed by atoms with Gasteiger partial charge in [-0.15, -0.1) is 11.3 Å². The van der Waals surface area contributed by atoms with Crippen LogP contribution in [-0.2, 0) is 12.5 Å². The molecular formula is C26H18F5N3O2S. The lowest BCUT2D eigenvalue weighted by Crippen LogP contribution is -2.36. The molecule has 37 heavy (non-hydrogen) atoms. The zero-order chi connectivity index (χ0) is 27.0. The number of alkyl halides is 5. The van der Waals surface area contributed by atoms with Gasteiger partial charge in [-0.05, 0) is 61.9 Å². The molecule has 0 saturated heterocycles. The van der Waals surface area contributed by atoms with Crippen molar-refractivity contribution < 1.29 is 26.7 Å². The van der Waals surface area contributed by atoms with Gasteiger partial charge in [-0.25, -0.2) is 9.83 Å². The predicted octanol–water partition coefficient (Wildman–Crippen LogP) is 7.63. The molecule has 0 N–H and O–H groups in total. The molecule has 5 nitrogen and oxygen atoms in total. The van der Waals surface area contributed by atoms with Crippen molar-refractivity contribution in [1.82, 2.24) is 9.55 Å². The van der Waals surface area contributed by atoms with E-state index in [1.807, 2.05) is 6.07 Å². The fourth-order valence-electron chi connectivity index (χ4n) is 3.72. The Morgan fingerprint density at radius 3 is 2.16 bits per heavy atom. The summed E-state index contributed by atoms with van der Waals surface area (Å²) in [5.74, 6) is -4.49. The summed E-state index contributed by atoms with van der Waals surface area (Å²) in [4.78, 5) is 21.1. The Labute approximate surface area is 212 Å². The number of para-hydroxylation sites is 1. The van der Waals surface area contributed by atoms with E-state index in [1.165, 1.54) is 35.6 Å². The number of rotatable bonds is 6. The summed E-state index contributed by atoms with van der Waals surface area (Å²) in [6.07, 6.45) is -6.00. The first-order chi connectivity index (χ1) is 17.4. The van der Waals surface area contributed by atoms with Crippen LogP contribution in [0.2, 0.25) is 0 Å². The minimum absolute atomic E-state index is 0.179. The highest BCUT2D eigenvalue weighted by atomic mass is 32.1. The molecule has 0 aliphatic rings. The maximum absolute atomic E-state index is 14.5. The van der Waals surface area contributed by atoms with Crippen molar-refractivity contribution in [2.24, 2.45) is 0 Å². The number of aromatic nitrogens is 2. The van der Waals surface area contributed by atoms with E-state index in [4.69, 9.17) is 11.3 Å². The minimum Gasteiger partial charge on any atom is -0.457 e. The first kappa shape index (κ1) is 26.0. The van der Waals surface area contributed by atoms with Crippen molar-refractivity contribution in [1.29, 1.82) is 0 Å². The Morgan fingerprint density at radius 1 is 1.00 bits per heavy atom. The van der Waals surface area contributed by atoms with Gasteiger partial charge in [-0.1, -0.05) is 18.2 Å². The number of benzene rings is 2. The Balaban J connectivity index is 1.89. The van der Waals surface area contributed by atoms with Crippen LogP contribution in [-0.4, -0.2) is 15.7 Å². The molecule has 4 rings (SSSR count). The lowest BCUT2D eigenvalue weighted by Gasteiger charge is -2.23. The van der Waals surface area contributed by atoms with Crippen LogP contribution in [0.3, 0.4) is 0 Å². The van der Waals surface area contributed by atoms with E-state index in [1.54, 1.807) is 38.1 Å². The second-order valence-electron chi connectivity index (χ2n) is 8.04. The van der Waals surface area contributed by atoms with Gasteiger partial charge in [-0.3, -0.25) is 4.79 Å². The molecule has 0 radical (unpaired) electrons. The van der Waals surface area contributed by atoms with Gasteiger partial charge in [-0.2, -0.15) is 22.0 Å². The van der Waals surface area contributed by atoms with Crippen LogP contribution in [0.15, 0.2) is 65.5 Å². The van der Waals surface area contributed by atoms with E-state index in [9.17, 15) is 26.7 Å². The molecule has 11 heteroatoms. The van der Waals surface area contributed by atoms with E-state index in [0.29, 0.717) is 28.3 Å². The number of thiazole rings is 1. The summed E-state index contributed by atoms with van der Waals surface area (Å²) in [7, 11) is 0. The molecule has 0 amide bonds. The average molecular weight is 532 g/mol. The van der Waals surface area contributed by atoms with Crippen LogP contribution < -0.4 is 10.3 Å². The summed E-state index contributed by atoms with van der Waals surface area (Å²) < 4.78 is 75.5. The maximum atomic E-state index is 14.5. The largest absolute Gasteiger partial charge is 0.457 e. The summed E-state index contributed by atoms with van der Waals surface area (Å²) >= 11 is 1.35. The van der Waals surface area contributed by atoms with Gasteiger partial charge in [0.15, 0.2) is 0 Å². The minimum atomic E-state index is -6.00. The van der Waals surface area contributed by atoms with Gasteiger partial charge in [0.05, 0.1) is 23.8 Å². The third kappa shape index (κ3) is 5.11. The van der Waals surface area contributed by atoms with E-state index >= 15 is 0 Å². The van der Waals surface area contributed by atoms with Crippen molar-refractivity contribution in [2.45, 2.75) is 32.5 Å². The number of nitrogens with zero attached hydrogens (tertiary/aromatic N) is 3. The third-order valence-electron chi connectivity index (χ3n) is 5.52. The fourth-order valence-corrected chi connectivity index (χ4v) is 4.55. The normalized spacial score (nSPS) is 11.8. The molecule has 190 valence electrons. The van der Waals surface area contributed by atoms with Gasteiger partial charge in [0.1, 0.15) is 11.5 Å². The van der Waals surface area contributed by atoms with Gasteiger partial charge in [0.25, 0.3) is 11.2 Å². The lowest BCUT2D eigenvalue weighted by molar-refractivity contribution is -0.289. The van der Waals surface area contributed by atoms with Crippen LogP contribution in [0.4, 0.5) is 27.6 Å². The summed E-state index contributed by atoms with van der Waals surface area (Å²) in [6.45, 7) is 10.5. The molecule has 0 aliphatic carbocycles. The second kappa shape index (κ2) is 9.78. The van der Waals surface area contributed by atoms with Crippen LogP contribution in [0, 0.1) is 20.4 Å². The standard InChI is InChI=1S/C26H18F5N3O2S/c1-15-21(33-16(2)37-15)14-34-22(13-20(23(32-3)24(34)35)25(27,28)26(29,30)31)17-9-11-19(12-10-17)36-18-7-5-4-6-8-18/h4-13H,14H2,1-2H3. The SMILES string of the molecule is [C-]#[N+]c1c(C(F)(F)C(F)(F)F)cc(-c2ccc(Oc3ccccc3)cc2)n(Cc2nc(C)sc2C)c1=O. The molecule has 4 aromatic rings. The fraction of sp³-hybridized carbons (Fsp3) is 0.192. The van der Waals surface area contributed by atoms with Gasteiger partial charge in [0, 0.05) is 16.1 Å². The summed E-state index contributed by atoms with van der Waals surface area (Å²) in [5, 5.41) is 0.690. The number of pyridine rings is 1. The lowest BCUT2D eigenvalue weighted by atomic mass is 10.0. The van der Waals surface area contributed by atoms with Gasteiger partial charge < -0.3 is 9.30 Å². The van der Waals surface area contributed by atoms with Crippen molar-refractivity contribution in [3.8, 4) is 22.8 Å². The number of ether oxygens (including phenoxy) is 1. The summed E-state index contributed by atoms with van der Waals surface area (Å²) in [6, 6.07) is 15.2. The molecule has 0 spiro atoms. The number of hydrogen-bond donors (Lipinski definition) is 0. The van der Waals surface area contributed by atoms with Crippen LogP contribution in [0.5, 0.6) is 11.5 Å². The predicted molar refractivity (Wildman–Crippen MR) is 130 cm³/mol. The molecule has 0 fully saturated rings. The zero-order valence-corrected chi connectivity index (χ0v) is 20.3. The highest BCUT2D eigenvalue weighted by Gasteiger charge is 2.60. The maximum Gasteiger partial charge on any atom is 0.456 e. The first-order valence-corrected chi connectivity index (χ1v) is 11.6. The van der Waals surface area contributed by atoms with Gasteiger partial charge in [0.2, 0.25) is 0 Å². The molecule has 2 aromatic carbocycles. The molecule has 2 heterocycles. The van der Waals surface area contributed by atoms with Crippen molar-refractivity contribution in [2.75, 3.05) is 0 Å². The van der Waals surface area contributed by atoms with Gasteiger partial charge >= 0.3 is 12.1 Å². The molecule has 2 aromatic heterocycles. The summed E-state index contributed by atoms with van der Waals surface area (Å²) in [5.41, 5.74) is -3.84. The van der Waals surface area contributed by atoms with E-state index in [-0.39, 0.29) is 17.8 Å². The zero-order valence-electron chi connectivity index (χ0n) is 19.4. The Hall–Kier alpha value is -4.04. The molecule has 0 saturated carbocycles. The molecule has 0 aliphatic heterocycles. The van der Waals surface area contributed by atoms with Crippen molar-refractivity contribution >= 4 is 17.0 Å². The topological polar surface area (TPSA) is 48.5 Å². The van der Waals surface area contributed by atoms with E-state index in [2.05, 4.69) is 9.83 Å². The highest BCUT2D eigenvalue weighted by Crippen LogP contribution is 2.47. The third-order valence-corrected chi connectivity index (χ3v) is 6.45. The Kier molecular flexibility index (Phi) is 6.88. The molecule has 0 unspecified atom stereocenters. The monoisotopic (exact) mass is 531 g/mol. The van der Waals surface area contributed by atoms with Crippen LogP contribution in [0.1, 0.15) is 21.1 Å². The quantitative estimate of drug-likeness (QED) is 0.190. The highest BCUT2D eigenvalue weighted by molar-refractivity contribution is 7.11. The molecule has 0 atom stereocenters. The average Bonchev–Trinajstić information content (AvgIpc) is 3.17. The second-order valence-corrected chi connectivity index (χ2v) is 9.45. The van der Waals surface area contributed by atoms with Crippen LogP contribution in [0.25, 0.3) is 16.1 Å². The Bertz CT molecular complexity index is 1540.